The Morgan fingerprint density at radius 1 is 1.27 bits per heavy atom. The fourth-order valence-electron chi connectivity index (χ4n) is 2.41. The van der Waals surface area contributed by atoms with Gasteiger partial charge in [0.05, 0.1) is 6.04 Å². The van der Waals surface area contributed by atoms with Crippen molar-refractivity contribution in [2.45, 2.75) is 45.6 Å². The van der Waals surface area contributed by atoms with Crippen LogP contribution >= 0.6 is 0 Å². The molecule has 2 rings (SSSR count). The number of nitrogens with zero attached hydrogens (tertiary/aromatic N) is 1. The minimum absolute atomic E-state index is 0.0862. The number of hydrogen-bond acceptors (Lipinski definition) is 1. The Kier molecular flexibility index (Phi) is 3.03. The molecular weight excluding hydrogens is 189 g/mol. The van der Waals surface area contributed by atoms with Gasteiger partial charge in [0.2, 0.25) is 0 Å². The zero-order chi connectivity index (χ0) is 10.8. The van der Waals surface area contributed by atoms with Crippen molar-refractivity contribution in [3.8, 4) is 0 Å². The van der Waals surface area contributed by atoms with Crippen molar-refractivity contribution in [1.82, 2.24) is 0 Å². The first kappa shape index (κ1) is 10.6. The summed E-state index contributed by atoms with van der Waals surface area (Å²) >= 11 is 0. The standard InChI is InChI=1S/C13H18FN/c1-9-3-5-11-6-4-10(2)15-13(11)8-12(14)7-9/h7-8,11,13H,3-6H2,1-2H3. The highest BCUT2D eigenvalue weighted by Crippen LogP contribution is 2.30. The van der Waals surface area contributed by atoms with E-state index in [0.29, 0.717) is 5.92 Å². The topological polar surface area (TPSA) is 12.4 Å². The highest BCUT2D eigenvalue weighted by molar-refractivity contribution is 5.82. The van der Waals surface area contributed by atoms with Crippen molar-refractivity contribution in [3.05, 3.63) is 23.6 Å². The maximum atomic E-state index is 13.5. The molecular formula is C13H18FN. The third kappa shape index (κ3) is 2.55. The maximum Gasteiger partial charge on any atom is 0.121 e. The summed E-state index contributed by atoms with van der Waals surface area (Å²) in [7, 11) is 0. The average Bonchev–Trinajstić information content (AvgIpc) is 2.14. The predicted molar refractivity (Wildman–Crippen MR) is 61.8 cm³/mol. The zero-order valence-electron chi connectivity index (χ0n) is 9.46. The van der Waals surface area contributed by atoms with Crippen LogP contribution in [0.3, 0.4) is 0 Å². The molecule has 1 aliphatic carbocycles. The van der Waals surface area contributed by atoms with Gasteiger partial charge in [0.25, 0.3) is 0 Å². The Labute approximate surface area is 90.8 Å². The molecule has 2 unspecified atom stereocenters. The van der Waals surface area contributed by atoms with Gasteiger partial charge in [-0.25, -0.2) is 4.39 Å². The van der Waals surface area contributed by atoms with Crippen LogP contribution in [0.5, 0.6) is 0 Å². The smallest absolute Gasteiger partial charge is 0.121 e. The number of hydrogen-bond donors (Lipinski definition) is 0. The molecule has 1 nitrogen and oxygen atoms in total. The van der Waals surface area contributed by atoms with E-state index in [1.165, 1.54) is 5.71 Å². The molecule has 2 heteroatoms. The molecule has 0 bridgehead atoms. The van der Waals surface area contributed by atoms with Crippen LogP contribution < -0.4 is 0 Å². The van der Waals surface area contributed by atoms with Crippen LogP contribution in [0.2, 0.25) is 0 Å². The monoisotopic (exact) mass is 207 g/mol. The molecule has 15 heavy (non-hydrogen) atoms. The molecule has 2 aliphatic rings. The molecule has 0 saturated heterocycles. The van der Waals surface area contributed by atoms with Crippen molar-refractivity contribution >= 4 is 5.71 Å². The Morgan fingerprint density at radius 3 is 2.80 bits per heavy atom. The quantitative estimate of drug-likeness (QED) is 0.572. The largest absolute Gasteiger partial charge is 0.287 e. The van der Waals surface area contributed by atoms with E-state index in [9.17, 15) is 4.39 Å². The first-order valence-corrected chi connectivity index (χ1v) is 5.73. The van der Waals surface area contributed by atoms with Gasteiger partial charge in [-0.15, -0.1) is 0 Å². The Balaban J connectivity index is 2.27. The number of halogens is 1. The predicted octanol–water partition coefficient (Wildman–Crippen LogP) is 3.82. The molecule has 0 aromatic carbocycles. The van der Waals surface area contributed by atoms with Gasteiger partial charge in [0.1, 0.15) is 5.83 Å². The van der Waals surface area contributed by atoms with Crippen molar-refractivity contribution in [2.24, 2.45) is 10.9 Å². The summed E-state index contributed by atoms with van der Waals surface area (Å²) in [6.45, 7) is 4.05. The van der Waals surface area contributed by atoms with E-state index in [0.717, 1.165) is 31.3 Å². The lowest BCUT2D eigenvalue weighted by Crippen LogP contribution is -2.24. The van der Waals surface area contributed by atoms with Gasteiger partial charge < -0.3 is 0 Å². The normalized spacial score (nSPS) is 31.8. The second-order valence-corrected chi connectivity index (χ2v) is 4.73. The molecule has 0 aromatic heterocycles. The second-order valence-electron chi connectivity index (χ2n) is 4.73. The van der Waals surface area contributed by atoms with Gasteiger partial charge in [-0.1, -0.05) is 5.57 Å². The van der Waals surface area contributed by atoms with E-state index in [1.54, 1.807) is 12.2 Å². The highest BCUT2D eigenvalue weighted by atomic mass is 19.1. The van der Waals surface area contributed by atoms with Gasteiger partial charge >= 0.3 is 0 Å². The van der Waals surface area contributed by atoms with Crippen molar-refractivity contribution in [1.29, 1.82) is 0 Å². The summed E-state index contributed by atoms with van der Waals surface area (Å²) in [5.74, 6) is 0.434. The molecule has 0 amide bonds. The summed E-state index contributed by atoms with van der Waals surface area (Å²) in [4.78, 5) is 4.55. The van der Waals surface area contributed by atoms with Crippen LogP contribution in [0.4, 0.5) is 4.39 Å². The van der Waals surface area contributed by atoms with Crippen LogP contribution in [-0.2, 0) is 0 Å². The summed E-state index contributed by atoms with van der Waals surface area (Å²) < 4.78 is 13.5. The van der Waals surface area contributed by atoms with Crippen LogP contribution in [0.15, 0.2) is 28.5 Å². The van der Waals surface area contributed by atoms with Crippen LogP contribution in [0, 0.1) is 5.92 Å². The SMILES string of the molecule is CC1=CC(F)=CC2N=C(C)CCC2CC1. The molecule has 0 saturated carbocycles. The van der Waals surface area contributed by atoms with Gasteiger partial charge in [-0.2, -0.15) is 0 Å². The summed E-state index contributed by atoms with van der Waals surface area (Å²) in [6, 6.07) is 0.0862. The number of fused-ring (bicyclic) bond motifs is 1. The Hall–Kier alpha value is -0.920. The summed E-state index contributed by atoms with van der Waals surface area (Å²) in [6.07, 6.45) is 7.74. The fourth-order valence-corrected chi connectivity index (χ4v) is 2.41. The van der Waals surface area contributed by atoms with E-state index in [1.807, 2.05) is 13.8 Å². The molecule has 0 radical (unpaired) electrons. The fraction of sp³-hybridized carbons (Fsp3) is 0.615. The minimum Gasteiger partial charge on any atom is -0.287 e. The molecule has 0 spiro atoms. The lowest BCUT2D eigenvalue weighted by atomic mass is 9.84. The van der Waals surface area contributed by atoms with Crippen molar-refractivity contribution in [3.63, 3.8) is 0 Å². The number of rotatable bonds is 0. The molecule has 2 atom stereocenters. The second kappa shape index (κ2) is 4.30. The number of allylic oxidation sites excluding steroid dienone is 3. The summed E-state index contributed by atoms with van der Waals surface area (Å²) in [5, 5.41) is 0. The molecule has 0 aromatic rings. The minimum atomic E-state index is -0.111. The number of aliphatic imine (C=N–C) groups is 1. The third-order valence-corrected chi connectivity index (χ3v) is 3.35. The lowest BCUT2D eigenvalue weighted by molar-refractivity contribution is 0.395. The first-order chi connectivity index (χ1) is 7.15. The Morgan fingerprint density at radius 2 is 2.00 bits per heavy atom. The first-order valence-electron chi connectivity index (χ1n) is 5.73. The van der Waals surface area contributed by atoms with Gasteiger partial charge in [-0.05, 0) is 57.6 Å². The van der Waals surface area contributed by atoms with Gasteiger partial charge in [-0.3, -0.25) is 4.99 Å². The van der Waals surface area contributed by atoms with Gasteiger partial charge in [0, 0.05) is 5.71 Å². The van der Waals surface area contributed by atoms with E-state index < -0.39 is 0 Å². The molecule has 1 aliphatic heterocycles. The van der Waals surface area contributed by atoms with Gasteiger partial charge in [0.15, 0.2) is 0 Å². The average molecular weight is 207 g/mol. The highest BCUT2D eigenvalue weighted by Gasteiger charge is 2.24. The maximum absolute atomic E-state index is 13.5. The van der Waals surface area contributed by atoms with Crippen LogP contribution in [-0.4, -0.2) is 11.8 Å². The van der Waals surface area contributed by atoms with Crippen molar-refractivity contribution < 1.29 is 4.39 Å². The van der Waals surface area contributed by atoms with Crippen molar-refractivity contribution in [2.75, 3.05) is 0 Å². The van der Waals surface area contributed by atoms with E-state index in [-0.39, 0.29) is 11.9 Å². The zero-order valence-corrected chi connectivity index (χ0v) is 9.46. The molecule has 82 valence electrons. The van der Waals surface area contributed by atoms with Crippen LogP contribution in [0.25, 0.3) is 0 Å². The van der Waals surface area contributed by atoms with E-state index in [2.05, 4.69) is 4.99 Å². The third-order valence-electron chi connectivity index (χ3n) is 3.35. The molecule has 0 N–H and O–H groups in total. The summed E-state index contributed by atoms with van der Waals surface area (Å²) in [5.41, 5.74) is 2.31. The Bertz CT molecular complexity index is 338. The van der Waals surface area contributed by atoms with E-state index in [4.69, 9.17) is 0 Å². The molecule has 0 fully saturated rings. The lowest BCUT2D eigenvalue weighted by Gasteiger charge is -2.28. The van der Waals surface area contributed by atoms with Crippen LogP contribution in [0.1, 0.15) is 39.5 Å². The van der Waals surface area contributed by atoms with E-state index >= 15 is 0 Å². The molecule has 1 heterocycles.